The number of carbonyl (C=O) groups excluding carboxylic acids is 2. The van der Waals surface area contributed by atoms with Gasteiger partial charge in [0, 0.05) is 11.5 Å². The second kappa shape index (κ2) is 12.7. The Kier molecular flexibility index (Phi) is 8.88. The van der Waals surface area contributed by atoms with E-state index in [1.807, 2.05) is 87.5 Å². The molecule has 7 heteroatoms. The van der Waals surface area contributed by atoms with Gasteiger partial charge in [-0.25, -0.2) is 0 Å². The van der Waals surface area contributed by atoms with Crippen molar-refractivity contribution in [2.75, 3.05) is 0 Å². The SMILES string of the molecule is CC(C)(C)C(=O)/C=c1\s/c(=C\c2ccc(OCc3ccccc3)cc2)c(=O)n1CC(=O)N[C@@H]1CCCc2ccccc21. The summed E-state index contributed by atoms with van der Waals surface area (Å²) >= 11 is 1.22. The van der Waals surface area contributed by atoms with Gasteiger partial charge < -0.3 is 10.1 Å². The van der Waals surface area contributed by atoms with Crippen LogP contribution in [0.3, 0.4) is 0 Å². The van der Waals surface area contributed by atoms with Gasteiger partial charge in [-0.15, -0.1) is 11.3 Å². The molecule has 6 nitrogen and oxygen atoms in total. The zero-order valence-corrected chi connectivity index (χ0v) is 25.1. The number of Topliss-reactive ketones (excluding diaryl/α,β-unsaturated/α-hetero) is 1. The number of thiazole rings is 1. The molecule has 0 aliphatic heterocycles. The lowest BCUT2D eigenvalue weighted by Gasteiger charge is -2.26. The number of nitrogens with one attached hydrogen (secondary N) is 1. The Bertz CT molecular complexity index is 1750. The van der Waals surface area contributed by atoms with Crippen LogP contribution in [0.1, 0.15) is 61.9 Å². The molecule has 1 atom stereocenters. The largest absolute Gasteiger partial charge is 0.489 e. The zero-order chi connectivity index (χ0) is 29.7. The maximum absolute atomic E-state index is 13.6. The molecule has 0 fully saturated rings. The van der Waals surface area contributed by atoms with Gasteiger partial charge in [-0.3, -0.25) is 19.0 Å². The molecule has 0 radical (unpaired) electrons. The maximum Gasteiger partial charge on any atom is 0.269 e. The number of hydrogen-bond donors (Lipinski definition) is 1. The number of nitrogens with zero attached hydrogens (tertiary/aromatic N) is 1. The van der Waals surface area contributed by atoms with E-state index in [4.69, 9.17) is 4.74 Å². The molecular formula is C35H36N2O4S. The Morgan fingerprint density at radius 2 is 1.71 bits per heavy atom. The first-order valence-electron chi connectivity index (χ1n) is 14.3. The van der Waals surface area contributed by atoms with Crippen LogP contribution in [0.5, 0.6) is 5.75 Å². The number of aromatic nitrogens is 1. The van der Waals surface area contributed by atoms with Crippen LogP contribution in [0, 0.1) is 5.41 Å². The fraction of sp³-hybridized carbons (Fsp3) is 0.286. The Morgan fingerprint density at radius 3 is 2.45 bits per heavy atom. The highest BCUT2D eigenvalue weighted by atomic mass is 32.1. The molecule has 5 rings (SSSR count). The third-order valence-electron chi connectivity index (χ3n) is 7.36. The van der Waals surface area contributed by atoms with E-state index in [1.54, 1.807) is 6.08 Å². The van der Waals surface area contributed by atoms with Crippen molar-refractivity contribution in [3.8, 4) is 5.75 Å². The van der Waals surface area contributed by atoms with Crippen LogP contribution in [-0.2, 0) is 29.2 Å². The first kappa shape index (κ1) is 29.3. The first-order valence-corrected chi connectivity index (χ1v) is 15.1. The summed E-state index contributed by atoms with van der Waals surface area (Å²) in [6.45, 7) is 5.82. The predicted molar refractivity (Wildman–Crippen MR) is 168 cm³/mol. The lowest BCUT2D eigenvalue weighted by molar-refractivity contribution is -0.123. The number of rotatable bonds is 8. The number of ether oxygens (including phenoxy) is 1. The molecule has 1 aliphatic rings. The fourth-order valence-corrected chi connectivity index (χ4v) is 6.00. The molecule has 1 aliphatic carbocycles. The summed E-state index contributed by atoms with van der Waals surface area (Å²) in [4.78, 5) is 39.8. The lowest BCUT2D eigenvalue weighted by Crippen LogP contribution is -2.40. The highest BCUT2D eigenvalue weighted by Gasteiger charge is 2.23. The van der Waals surface area contributed by atoms with Gasteiger partial charge in [0.2, 0.25) is 5.91 Å². The van der Waals surface area contributed by atoms with Crippen molar-refractivity contribution in [3.05, 3.63) is 121 Å². The van der Waals surface area contributed by atoms with E-state index >= 15 is 0 Å². The summed E-state index contributed by atoms with van der Waals surface area (Å²) in [5, 5.41) is 3.13. The number of amides is 1. The highest BCUT2D eigenvalue weighted by molar-refractivity contribution is 7.07. The van der Waals surface area contributed by atoms with Gasteiger partial charge in [0.1, 0.15) is 23.6 Å². The number of carbonyl (C=O) groups is 2. The average molecular weight is 581 g/mol. The number of fused-ring (bicyclic) bond motifs is 1. The van der Waals surface area contributed by atoms with Crippen LogP contribution in [0.25, 0.3) is 12.2 Å². The smallest absolute Gasteiger partial charge is 0.269 e. The molecule has 3 aromatic carbocycles. The van der Waals surface area contributed by atoms with E-state index in [1.165, 1.54) is 27.5 Å². The van der Waals surface area contributed by atoms with Crippen LogP contribution in [0.4, 0.5) is 0 Å². The van der Waals surface area contributed by atoms with Crippen molar-refractivity contribution < 1.29 is 14.3 Å². The quantitative estimate of drug-likeness (QED) is 0.322. The fourth-order valence-electron chi connectivity index (χ4n) is 4.96. The summed E-state index contributed by atoms with van der Waals surface area (Å²) in [7, 11) is 0. The van der Waals surface area contributed by atoms with Crippen LogP contribution >= 0.6 is 11.3 Å². The number of benzene rings is 3. The minimum Gasteiger partial charge on any atom is -0.489 e. The summed E-state index contributed by atoms with van der Waals surface area (Å²) in [5.41, 5.74) is 3.38. The number of hydrogen-bond acceptors (Lipinski definition) is 5. The summed E-state index contributed by atoms with van der Waals surface area (Å²) < 4.78 is 8.22. The van der Waals surface area contributed by atoms with E-state index in [2.05, 4.69) is 17.4 Å². The van der Waals surface area contributed by atoms with Crippen LogP contribution in [-0.4, -0.2) is 16.3 Å². The molecule has 0 bridgehead atoms. The monoisotopic (exact) mass is 580 g/mol. The van der Waals surface area contributed by atoms with Gasteiger partial charge >= 0.3 is 0 Å². The average Bonchev–Trinajstić information content (AvgIpc) is 3.25. The Hall–Kier alpha value is -4.23. The second-order valence-electron chi connectivity index (χ2n) is 11.7. The molecular weight excluding hydrogens is 544 g/mol. The van der Waals surface area contributed by atoms with Gasteiger partial charge in [0.15, 0.2) is 5.78 Å². The number of ketones is 1. The third kappa shape index (κ3) is 7.15. The molecule has 0 unspecified atom stereocenters. The van der Waals surface area contributed by atoms with Gasteiger partial charge in [0.05, 0.1) is 10.6 Å². The van der Waals surface area contributed by atoms with E-state index in [9.17, 15) is 14.4 Å². The third-order valence-corrected chi connectivity index (χ3v) is 8.42. The van der Waals surface area contributed by atoms with E-state index in [0.29, 0.717) is 15.8 Å². The Balaban J connectivity index is 1.40. The highest BCUT2D eigenvalue weighted by Crippen LogP contribution is 2.29. The standard InChI is InChI=1S/C35H36N2O4S/c1-35(2,3)31(38)21-33-37(22-32(39)36-29-15-9-13-26-12-7-8-14-28(26)29)34(40)30(42-33)20-24-16-18-27(19-17-24)41-23-25-10-5-4-6-11-25/h4-8,10-12,14,16-21,29H,9,13,15,22-23H2,1-3H3,(H,36,39)/b30-20-,33-21-/t29-/m1/s1. The molecule has 1 heterocycles. The number of aryl methyl sites for hydroxylation is 1. The molecule has 0 saturated heterocycles. The summed E-state index contributed by atoms with van der Waals surface area (Å²) in [6, 6.07) is 25.5. The van der Waals surface area contributed by atoms with Crippen LogP contribution in [0.15, 0.2) is 83.7 Å². The predicted octanol–water partition coefficient (Wildman–Crippen LogP) is 4.91. The van der Waals surface area contributed by atoms with Gasteiger partial charge in [0.25, 0.3) is 5.56 Å². The zero-order valence-electron chi connectivity index (χ0n) is 24.3. The molecule has 1 N–H and O–H groups in total. The van der Waals surface area contributed by atoms with E-state index in [-0.39, 0.29) is 29.8 Å². The minimum atomic E-state index is -0.613. The molecule has 1 amide bonds. The van der Waals surface area contributed by atoms with Gasteiger partial charge in [-0.2, -0.15) is 0 Å². The van der Waals surface area contributed by atoms with Crippen LogP contribution in [0.2, 0.25) is 0 Å². The Morgan fingerprint density at radius 1 is 1.00 bits per heavy atom. The Labute approximate surface area is 250 Å². The van der Waals surface area contributed by atoms with E-state index < -0.39 is 5.41 Å². The van der Waals surface area contributed by atoms with Gasteiger partial charge in [-0.1, -0.05) is 87.5 Å². The summed E-state index contributed by atoms with van der Waals surface area (Å²) in [5.74, 6) is 0.372. The van der Waals surface area contributed by atoms with Crippen molar-refractivity contribution >= 4 is 35.2 Å². The van der Waals surface area contributed by atoms with Crippen molar-refractivity contribution in [2.45, 2.75) is 59.2 Å². The van der Waals surface area contributed by atoms with Crippen molar-refractivity contribution in [2.24, 2.45) is 5.41 Å². The topological polar surface area (TPSA) is 77.4 Å². The molecule has 216 valence electrons. The molecule has 1 aromatic heterocycles. The van der Waals surface area contributed by atoms with Crippen LogP contribution < -0.4 is 24.8 Å². The molecule has 42 heavy (non-hydrogen) atoms. The molecule has 0 spiro atoms. The normalized spacial score (nSPS) is 15.7. The van der Waals surface area contributed by atoms with E-state index in [0.717, 1.165) is 41.7 Å². The van der Waals surface area contributed by atoms with Crippen molar-refractivity contribution in [1.29, 1.82) is 0 Å². The lowest BCUT2D eigenvalue weighted by atomic mass is 9.88. The van der Waals surface area contributed by atoms with Crippen molar-refractivity contribution in [3.63, 3.8) is 0 Å². The van der Waals surface area contributed by atoms with Crippen molar-refractivity contribution in [1.82, 2.24) is 9.88 Å². The maximum atomic E-state index is 13.6. The molecule has 4 aromatic rings. The second-order valence-corrected chi connectivity index (χ2v) is 12.7. The summed E-state index contributed by atoms with van der Waals surface area (Å²) in [6.07, 6.45) is 6.13. The molecule has 0 saturated carbocycles. The van der Waals surface area contributed by atoms with Gasteiger partial charge in [-0.05, 0) is 59.7 Å². The first-order chi connectivity index (χ1) is 20.2. The minimum absolute atomic E-state index is 0.0888.